The number of piperidine rings is 1. The zero-order valence-electron chi connectivity index (χ0n) is 10.8. The van der Waals surface area contributed by atoms with Gasteiger partial charge in [0.25, 0.3) is 0 Å². The van der Waals surface area contributed by atoms with Crippen LogP contribution >= 0.6 is 0 Å². The predicted molar refractivity (Wildman–Crippen MR) is 67.6 cm³/mol. The molecule has 3 heteroatoms. The summed E-state index contributed by atoms with van der Waals surface area (Å²) < 4.78 is 0. The average Bonchev–Trinajstić information content (AvgIpc) is 3.17. The number of rotatable bonds is 4. The number of carbonyl (C=O) groups excluding carboxylic acids is 1. The van der Waals surface area contributed by atoms with Crippen LogP contribution in [0.5, 0.6) is 0 Å². The van der Waals surface area contributed by atoms with E-state index in [1.54, 1.807) is 0 Å². The molecule has 0 atom stereocenters. The Balaban J connectivity index is 1.52. The Hall–Kier alpha value is -0.570. The predicted octanol–water partition coefficient (Wildman–Crippen LogP) is 1.68. The Morgan fingerprint density at radius 3 is 2.41 bits per heavy atom. The van der Waals surface area contributed by atoms with E-state index < -0.39 is 0 Å². The molecule has 1 aliphatic heterocycles. The fourth-order valence-corrected chi connectivity index (χ4v) is 3.26. The van der Waals surface area contributed by atoms with E-state index in [4.69, 9.17) is 0 Å². The molecule has 1 heterocycles. The van der Waals surface area contributed by atoms with E-state index in [1.807, 2.05) is 0 Å². The van der Waals surface area contributed by atoms with Gasteiger partial charge in [-0.15, -0.1) is 0 Å². The third kappa shape index (κ3) is 2.22. The number of carbonyl (C=O) groups is 1. The van der Waals surface area contributed by atoms with Crippen molar-refractivity contribution in [3.8, 4) is 0 Å². The van der Waals surface area contributed by atoms with E-state index in [9.17, 15) is 4.79 Å². The van der Waals surface area contributed by atoms with E-state index in [0.29, 0.717) is 11.3 Å². The van der Waals surface area contributed by atoms with Crippen molar-refractivity contribution in [2.45, 2.75) is 45.4 Å². The maximum absolute atomic E-state index is 12.3. The topological polar surface area (TPSA) is 41.1 Å². The van der Waals surface area contributed by atoms with E-state index in [0.717, 1.165) is 38.4 Å². The smallest absolute Gasteiger partial charge is 0.226 e. The van der Waals surface area contributed by atoms with Crippen LogP contribution in [0.25, 0.3) is 0 Å². The summed E-state index contributed by atoms with van der Waals surface area (Å²) in [5, 5.41) is 6.58. The van der Waals surface area contributed by atoms with Gasteiger partial charge in [0.15, 0.2) is 0 Å². The lowest BCUT2D eigenvalue weighted by atomic mass is 9.80. The molecule has 2 saturated carbocycles. The summed E-state index contributed by atoms with van der Waals surface area (Å²) in [6.07, 6.45) is 7.45. The van der Waals surface area contributed by atoms with Gasteiger partial charge in [0.1, 0.15) is 0 Å². The lowest BCUT2D eigenvalue weighted by molar-refractivity contribution is -0.131. The molecule has 0 aromatic heterocycles. The van der Waals surface area contributed by atoms with E-state index >= 15 is 0 Å². The molecule has 96 valence electrons. The molecule has 1 amide bonds. The number of nitrogens with one attached hydrogen (secondary N) is 2. The first-order chi connectivity index (χ1) is 8.15. The molecule has 2 N–H and O–H groups in total. The summed E-state index contributed by atoms with van der Waals surface area (Å²) in [5.74, 6) is 1.23. The first kappa shape index (κ1) is 11.5. The second-order valence-corrected chi connectivity index (χ2v) is 6.63. The van der Waals surface area contributed by atoms with Crippen molar-refractivity contribution < 1.29 is 4.79 Å². The molecule has 3 aliphatic rings. The summed E-state index contributed by atoms with van der Waals surface area (Å²) in [6, 6.07) is 0. The molecule has 0 radical (unpaired) electrons. The normalized spacial score (nSPS) is 29.7. The molecule has 0 aromatic rings. The molecule has 17 heavy (non-hydrogen) atoms. The summed E-state index contributed by atoms with van der Waals surface area (Å²) in [7, 11) is 0. The minimum absolute atomic E-state index is 0.120. The van der Waals surface area contributed by atoms with Crippen LogP contribution in [-0.2, 0) is 4.79 Å². The maximum atomic E-state index is 12.3. The van der Waals surface area contributed by atoms with Gasteiger partial charge in [0, 0.05) is 12.0 Å². The van der Waals surface area contributed by atoms with Gasteiger partial charge in [-0.25, -0.2) is 0 Å². The quantitative estimate of drug-likeness (QED) is 0.780. The second-order valence-electron chi connectivity index (χ2n) is 6.63. The SMILES string of the molecule is CC1(C(=O)NCC2(C3CC3)CC2)CCNCC1. The summed E-state index contributed by atoms with van der Waals surface area (Å²) >= 11 is 0. The summed E-state index contributed by atoms with van der Waals surface area (Å²) in [4.78, 5) is 12.3. The molecule has 3 nitrogen and oxygen atoms in total. The fraction of sp³-hybridized carbons (Fsp3) is 0.929. The highest BCUT2D eigenvalue weighted by atomic mass is 16.2. The molecule has 3 rings (SSSR count). The fourth-order valence-electron chi connectivity index (χ4n) is 3.26. The van der Waals surface area contributed by atoms with Gasteiger partial charge >= 0.3 is 0 Å². The molecule has 0 aromatic carbocycles. The standard InChI is InChI=1S/C14H24N2O/c1-13(6-8-15-9-7-13)12(17)16-10-14(4-5-14)11-2-3-11/h11,15H,2-10H2,1H3,(H,16,17). The van der Waals surface area contributed by atoms with Crippen LogP contribution in [0.1, 0.15) is 45.4 Å². The molecule has 3 fully saturated rings. The highest BCUT2D eigenvalue weighted by molar-refractivity contribution is 5.82. The van der Waals surface area contributed by atoms with Gasteiger partial charge < -0.3 is 10.6 Å². The van der Waals surface area contributed by atoms with Crippen molar-refractivity contribution in [3.63, 3.8) is 0 Å². The second kappa shape index (κ2) is 3.98. The van der Waals surface area contributed by atoms with Crippen molar-refractivity contribution >= 4 is 5.91 Å². The van der Waals surface area contributed by atoms with Crippen LogP contribution in [0.2, 0.25) is 0 Å². The average molecular weight is 236 g/mol. The van der Waals surface area contributed by atoms with E-state index in [2.05, 4.69) is 17.6 Å². The Bertz CT molecular complexity index is 312. The monoisotopic (exact) mass is 236 g/mol. The first-order valence-corrected chi connectivity index (χ1v) is 7.14. The van der Waals surface area contributed by atoms with Gasteiger partial charge in [0.2, 0.25) is 5.91 Å². The van der Waals surface area contributed by atoms with Gasteiger partial charge in [-0.1, -0.05) is 6.92 Å². The first-order valence-electron chi connectivity index (χ1n) is 7.14. The third-order valence-corrected chi connectivity index (χ3v) is 5.19. The Kier molecular flexibility index (Phi) is 2.69. The van der Waals surface area contributed by atoms with Gasteiger partial charge in [-0.2, -0.15) is 0 Å². The summed E-state index contributed by atoms with van der Waals surface area (Å²) in [5.41, 5.74) is 0.407. The van der Waals surface area contributed by atoms with Gasteiger partial charge in [-0.3, -0.25) is 4.79 Å². The minimum Gasteiger partial charge on any atom is -0.355 e. The van der Waals surface area contributed by atoms with Gasteiger partial charge in [0.05, 0.1) is 0 Å². The highest BCUT2D eigenvalue weighted by Gasteiger charge is 2.53. The van der Waals surface area contributed by atoms with E-state index in [-0.39, 0.29) is 5.41 Å². The molecule has 2 aliphatic carbocycles. The zero-order chi connectivity index (χ0) is 11.9. The number of hydrogen-bond acceptors (Lipinski definition) is 2. The van der Waals surface area contributed by atoms with Crippen LogP contribution < -0.4 is 10.6 Å². The number of hydrogen-bond donors (Lipinski definition) is 2. The van der Waals surface area contributed by atoms with Crippen molar-refractivity contribution in [1.29, 1.82) is 0 Å². The van der Waals surface area contributed by atoms with Crippen LogP contribution in [0.3, 0.4) is 0 Å². The van der Waals surface area contributed by atoms with Crippen molar-refractivity contribution in [2.24, 2.45) is 16.7 Å². The summed E-state index contributed by atoms with van der Waals surface area (Å²) in [6.45, 7) is 5.04. The lowest BCUT2D eigenvalue weighted by Crippen LogP contribution is -2.47. The largest absolute Gasteiger partial charge is 0.355 e. The molecule has 0 spiro atoms. The minimum atomic E-state index is -0.120. The Labute approximate surface area is 104 Å². The van der Waals surface area contributed by atoms with Crippen LogP contribution in [0.15, 0.2) is 0 Å². The van der Waals surface area contributed by atoms with Crippen molar-refractivity contribution in [2.75, 3.05) is 19.6 Å². The molecular formula is C14H24N2O. The van der Waals surface area contributed by atoms with Crippen LogP contribution in [0.4, 0.5) is 0 Å². The number of amides is 1. The Morgan fingerprint density at radius 1 is 1.24 bits per heavy atom. The zero-order valence-corrected chi connectivity index (χ0v) is 10.8. The molecule has 0 bridgehead atoms. The molecule has 1 saturated heterocycles. The third-order valence-electron chi connectivity index (χ3n) is 5.19. The Morgan fingerprint density at radius 2 is 1.88 bits per heavy atom. The molecular weight excluding hydrogens is 212 g/mol. The van der Waals surface area contributed by atoms with Crippen molar-refractivity contribution in [1.82, 2.24) is 10.6 Å². The maximum Gasteiger partial charge on any atom is 0.226 e. The van der Waals surface area contributed by atoms with E-state index in [1.165, 1.54) is 25.7 Å². The van der Waals surface area contributed by atoms with Crippen LogP contribution in [-0.4, -0.2) is 25.5 Å². The lowest BCUT2D eigenvalue weighted by Gasteiger charge is -2.33. The van der Waals surface area contributed by atoms with Crippen LogP contribution in [0, 0.1) is 16.7 Å². The molecule has 0 unspecified atom stereocenters. The van der Waals surface area contributed by atoms with Crippen molar-refractivity contribution in [3.05, 3.63) is 0 Å². The highest BCUT2D eigenvalue weighted by Crippen LogP contribution is 2.60. The van der Waals surface area contributed by atoms with Gasteiger partial charge in [-0.05, 0) is 62.9 Å².